The van der Waals surface area contributed by atoms with E-state index in [1.165, 1.54) is 59.4 Å². The minimum Gasteiger partial charge on any atom is -0.310 e. The summed E-state index contributed by atoms with van der Waals surface area (Å²) in [7, 11) is -1.44. The molecule has 0 unspecified atom stereocenters. The maximum atomic E-state index is 2.41. The van der Waals surface area contributed by atoms with E-state index in [0.717, 1.165) is 34.1 Å². The number of hydrogen-bond acceptors (Lipinski definition) is 2. The molecule has 0 heterocycles. The van der Waals surface area contributed by atoms with Crippen molar-refractivity contribution in [2.24, 2.45) is 0 Å². The maximum Gasteiger partial charge on any atom is 0.0775 e. The SMILES string of the molecule is C[Si](C)(C)c1ccc(N(c2ccccc2)c2ccc3c(c2)c2ccccc2c2c4ccc(N(c5ccccc5)c5ccccc5-c5ccccc5)cc4ccc32)cc1. The van der Waals surface area contributed by atoms with Crippen LogP contribution in [0, 0.1) is 0 Å². The van der Waals surface area contributed by atoms with Crippen LogP contribution in [0.5, 0.6) is 0 Å². The highest BCUT2D eigenvalue weighted by Gasteiger charge is 2.21. The highest BCUT2D eigenvalue weighted by atomic mass is 28.3. The quantitative estimate of drug-likeness (QED) is 0.112. The predicted molar refractivity (Wildman–Crippen MR) is 254 cm³/mol. The van der Waals surface area contributed by atoms with Crippen LogP contribution < -0.4 is 15.0 Å². The first-order valence-electron chi connectivity index (χ1n) is 20.2. The summed E-state index contributed by atoms with van der Waals surface area (Å²) in [6.07, 6.45) is 0. The number of anilines is 6. The van der Waals surface area contributed by atoms with E-state index in [1.807, 2.05) is 0 Å². The van der Waals surface area contributed by atoms with Gasteiger partial charge in [-0.2, -0.15) is 0 Å². The largest absolute Gasteiger partial charge is 0.310 e. The molecule has 3 heteroatoms. The highest BCUT2D eigenvalue weighted by Crippen LogP contribution is 2.45. The number of para-hydroxylation sites is 3. The van der Waals surface area contributed by atoms with Gasteiger partial charge in [-0.3, -0.25) is 0 Å². The van der Waals surface area contributed by atoms with E-state index in [1.54, 1.807) is 0 Å². The molecular weight excluding hydrogens is 717 g/mol. The van der Waals surface area contributed by atoms with Gasteiger partial charge in [-0.1, -0.05) is 170 Å². The Morgan fingerprint density at radius 3 is 1.50 bits per heavy atom. The molecule has 0 spiro atoms. The first-order chi connectivity index (χ1) is 28.4. The molecule has 0 amide bonds. The average Bonchev–Trinajstić information content (AvgIpc) is 3.27. The van der Waals surface area contributed by atoms with E-state index in [4.69, 9.17) is 0 Å². The third-order valence-corrected chi connectivity index (χ3v) is 13.6. The summed E-state index contributed by atoms with van der Waals surface area (Å²) in [4.78, 5) is 4.78. The lowest BCUT2D eigenvalue weighted by Crippen LogP contribution is -2.37. The Labute approximate surface area is 341 Å². The van der Waals surface area contributed by atoms with Crippen molar-refractivity contribution in [1.29, 1.82) is 0 Å². The summed E-state index contributed by atoms with van der Waals surface area (Å²) in [5.41, 5.74) is 9.22. The smallest absolute Gasteiger partial charge is 0.0775 e. The van der Waals surface area contributed by atoms with Crippen molar-refractivity contribution in [3.63, 3.8) is 0 Å². The summed E-state index contributed by atoms with van der Waals surface area (Å²) < 4.78 is 0. The van der Waals surface area contributed by atoms with Gasteiger partial charge in [0.2, 0.25) is 0 Å². The van der Waals surface area contributed by atoms with Gasteiger partial charge in [0.05, 0.1) is 13.8 Å². The van der Waals surface area contributed by atoms with Crippen LogP contribution in [0.1, 0.15) is 0 Å². The zero-order chi connectivity index (χ0) is 39.2. The zero-order valence-corrected chi connectivity index (χ0v) is 34.1. The van der Waals surface area contributed by atoms with Crippen LogP contribution in [-0.4, -0.2) is 8.07 Å². The molecule has 0 fully saturated rings. The van der Waals surface area contributed by atoms with Gasteiger partial charge in [-0.25, -0.2) is 0 Å². The standard InChI is InChI=1S/C55H44N2Si/c1-58(2,3)46-32-28-43(29-33-46)56(41-19-9-5-10-20-41)45-31-36-50-52-34-27-40-37-44(30-35-48(40)55(52)51-25-14-13-24-49(51)53(50)38-45)57(42-21-11-6-12-22-42)54-26-16-15-23-47(54)39-17-7-4-8-18-39/h4-38H,1-3H3. The van der Waals surface area contributed by atoms with Gasteiger partial charge in [0.25, 0.3) is 0 Å². The summed E-state index contributed by atoms with van der Waals surface area (Å²) in [6.45, 7) is 7.22. The molecule has 0 aliphatic rings. The van der Waals surface area contributed by atoms with Gasteiger partial charge >= 0.3 is 0 Å². The fourth-order valence-electron chi connectivity index (χ4n) is 8.71. The zero-order valence-electron chi connectivity index (χ0n) is 33.1. The topological polar surface area (TPSA) is 6.48 Å². The molecule has 0 aromatic heterocycles. The summed E-state index contributed by atoms with van der Waals surface area (Å²) in [6, 6.07) is 77.7. The van der Waals surface area contributed by atoms with E-state index < -0.39 is 8.07 Å². The molecule has 0 bridgehead atoms. The molecule has 10 aromatic rings. The Balaban J connectivity index is 1.15. The van der Waals surface area contributed by atoms with Crippen molar-refractivity contribution in [2.45, 2.75) is 19.6 Å². The molecule has 0 aliphatic carbocycles. The number of benzene rings is 10. The van der Waals surface area contributed by atoms with Crippen LogP contribution in [-0.2, 0) is 0 Å². The van der Waals surface area contributed by atoms with Gasteiger partial charge < -0.3 is 9.80 Å². The van der Waals surface area contributed by atoms with Crippen molar-refractivity contribution in [2.75, 3.05) is 9.80 Å². The molecule has 0 saturated heterocycles. The lowest BCUT2D eigenvalue weighted by atomic mass is 9.90. The van der Waals surface area contributed by atoms with E-state index in [-0.39, 0.29) is 0 Å². The molecule has 0 aliphatic heterocycles. The molecule has 0 radical (unpaired) electrons. The first kappa shape index (κ1) is 35.5. The molecular formula is C55H44N2Si. The van der Waals surface area contributed by atoms with Gasteiger partial charge in [0.1, 0.15) is 0 Å². The van der Waals surface area contributed by atoms with Crippen molar-refractivity contribution >= 4 is 90.5 Å². The third-order valence-electron chi connectivity index (χ3n) is 11.5. The Morgan fingerprint density at radius 2 is 0.810 bits per heavy atom. The summed E-state index contributed by atoms with van der Waals surface area (Å²) in [5, 5.41) is 11.5. The fraction of sp³-hybridized carbons (Fsp3) is 0.0545. The Kier molecular flexibility index (Phi) is 8.89. The van der Waals surface area contributed by atoms with Gasteiger partial charge in [0.15, 0.2) is 0 Å². The number of fused-ring (bicyclic) bond motifs is 8. The van der Waals surface area contributed by atoms with Crippen molar-refractivity contribution in [1.82, 2.24) is 0 Å². The Hall–Kier alpha value is -6.94. The van der Waals surface area contributed by atoms with Crippen LogP contribution in [0.15, 0.2) is 212 Å². The number of nitrogens with zero attached hydrogens (tertiary/aromatic N) is 2. The van der Waals surface area contributed by atoms with E-state index >= 15 is 0 Å². The molecule has 10 rings (SSSR count). The van der Waals surface area contributed by atoms with Crippen LogP contribution >= 0.6 is 0 Å². The third kappa shape index (κ3) is 6.30. The van der Waals surface area contributed by atoms with Gasteiger partial charge in [0, 0.05) is 34.0 Å². The van der Waals surface area contributed by atoms with Crippen LogP contribution in [0.25, 0.3) is 54.2 Å². The minimum absolute atomic E-state index is 1.12. The fourth-order valence-corrected chi connectivity index (χ4v) is 9.87. The van der Waals surface area contributed by atoms with E-state index in [0.29, 0.717) is 0 Å². The normalized spacial score (nSPS) is 11.7. The average molecular weight is 761 g/mol. The van der Waals surface area contributed by atoms with Crippen LogP contribution in [0.4, 0.5) is 34.1 Å². The number of hydrogen-bond donors (Lipinski definition) is 0. The lowest BCUT2D eigenvalue weighted by molar-refractivity contribution is 1.29. The second-order valence-electron chi connectivity index (χ2n) is 16.2. The van der Waals surface area contributed by atoms with E-state index in [2.05, 4.69) is 242 Å². The molecule has 0 atom stereocenters. The van der Waals surface area contributed by atoms with Crippen molar-refractivity contribution in [3.8, 4) is 11.1 Å². The summed E-state index contributed by atoms with van der Waals surface area (Å²) in [5.74, 6) is 0. The minimum atomic E-state index is -1.44. The van der Waals surface area contributed by atoms with Gasteiger partial charge in [-0.05, 0) is 115 Å². The van der Waals surface area contributed by atoms with E-state index in [9.17, 15) is 0 Å². The van der Waals surface area contributed by atoms with Gasteiger partial charge in [-0.15, -0.1) is 0 Å². The maximum absolute atomic E-state index is 2.41. The van der Waals surface area contributed by atoms with Crippen molar-refractivity contribution in [3.05, 3.63) is 212 Å². The molecule has 278 valence electrons. The number of rotatable bonds is 8. The Morgan fingerprint density at radius 1 is 0.328 bits per heavy atom. The van der Waals surface area contributed by atoms with Crippen LogP contribution in [0.2, 0.25) is 19.6 Å². The molecule has 0 saturated carbocycles. The molecule has 58 heavy (non-hydrogen) atoms. The second kappa shape index (κ2) is 14.5. The molecule has 2 nitrogen and oxygen atoms in total. The second-order valence-corrected chi connectivity index (χ2v) is 21.3. The summed E-state index contributed by atoms with van der Waals surface area (Å²) >= 11 is 0. The van der Waals surface area contributed by atoms with Crippen LogP contribution in [0.3, 0.4) is 0 Å². The lowest BCUT2D eigenvalue weighted by Gasteiger charge is -2.28. The predicted octanol–water partition coefficient (Wildman–Crippen LogP) is 15.5. The molecule has 10 aromatic carbocycles. The molecule has 0 N–H and O–H groups in total. The monoisotopic (exact) mass is 760 g/mol. The van der Waals surface area contributed by atoms with Crippen molar-refractivity contribution < 1.29 is 0 Å². The first-order valence-corrected chi connectivity index (χ1v) is 23.7. The highest BCUT2D eigenvalue weighted by molar-refractivity contribution is 6.88. The Bertz CT molecular complexity index is 3060.